The van der Waals surface area contributed by atoms with E-state index in [0.717, 1.165) is 5.57 Å². The molecule has 4 nitrogen and oxygen atoms in total. The van der Waals surface area contributed by atoms with E-state index in [4.69, 9.17) is 10.2 Å². The van der Waals surface area contributed by atoms with E-state index in [0.29, 0.717) is 19.3 Å². The van der Waals surface area contributed by atoms with Gasteiger partial charge in [0.1, 0.15) is 0 Å². The highest BCUT2D eigenvalue weighted by atomic mass is 16.4. The van der Waals surface area contributed by atoms with Gasteiger partial charge in [-0.25, -0.2) is 0 Å². The van der Waals surface area contributed by atoms with Gasteiger partial charge in [0, 0.05) is 6.42 Å². The third-order valence-corrected chi connectivity index (χ3v) is 1.89. The molecule has 14 heavy (non-hydrogen) atoms. The summed E-state index contributed by atoms with van der Waals surface area (Å²) in [7, 11) is 0. The van der Waals surface area contributed by atoms with Crippen LogP contribution in [0.5, 0.6) is 0 Å². The number of allylic oxidation sites excluding steroid dienone is 1. The van der Waals surface area contributed by atoms with E-state index in [1.54, 1.807) is 6.92 Å². The lowest BCUT2D eigenvalue weighted by atomic mass is 9.95. The smallest absolute Gasteiger partial charge is 0.306 e. The van der Waals surface area contributed by atoms with Gasteiger partial charge in [-0.05, 0) is 26.2 Å². The fraction of sp³-hybridized carbons (Fsp3) is 0.600. The number of aliphatic carboxylic acids is 2. The molecule has 0 heterocycles. The van der Waals surface area contributed by atoms with E-state index in [1.807, 2.05) is 0 Å². The molecular weight excluding hydrogens is 184 g/mol. The quantitative estimate of drug-likeness (QED) is 0.615. The lowest BCUT2D eigenvalue weighted by Crippen LogP contribution is -2.14. The molecule has 0 bridgehead atoms. The molecule has 0 aromatic heterocycles. The largest absolute Gasteiger partial charge is 0.481 e. The van der Waals surface area contributed by atoms with E-state index >= 15 is 0 Å². The van der Waals surface area contributed by atoms with Crippen molar-refractivity contribution in [2.45, 2.75) is 32.6 Å². The number of rotatable bonds is 7. The maximum absolute atomic E-state index is 10.7. The first kappa shape index (κ1) is 12.7. The van der Waals surface area contributed by atoms with Crippen LogP contribution in [0.1, 0.15) is 32.6 Å². The molecule has 1 unspecified atom stereocenters. The molecule has 0 spiro atoms. The second-order valence-corrected chi connectivity index (χ2v) is 3.48. The van der Waals surface area contributed by atoms with Gasteiger partial charge in [0.05, 0.1) is 5.92 Å². The van der Waals surface area contributed by atoms with Crippen molar-refractivity contribution < 1.29 is 19.8 Å². The van der Waals surface area contributed by atoms with E-state index < -0.39 is 17.9 Å². The molecule has 80 valence electrons. The molecule has 0 fully saturated rings. The van der Waals surface area contributed by atoms with Crippen molar-refractivity contribution in [3.8, 4) is 0 Å². The van der Waals surface area contributed by atoms with Gasteiger partial charge < -0.3 is 10.2 Å². The minimum atomic E-state index is -0.885. The van der Waals surface area contributed by atoms with Crippen LogP contribution in [0, 0.1) is 5.92 Å². The van der Waals surface area contributed by atoms with Gasteiger partial charge in [0.25, 0.3) is 0 Å². The van der Waals surface area contributed by atoms with Gasteiger partial charge in [-0.1, -0.05) is 5.57 Å². The van der Waals surface area contributed by atoms with Gasteiger partial charge in [-0.2, -0.15) is 0 Å². The molecule has 1 atom stereocenters. The standard InChI is InChI=1S/C10H16O4/c1-7(2)6-8(10(13)14)4-3-5-9(11)12/h8H,1,3-6H2,2H3,(H,11,12)(H,13,14). The highest BCUT2D eigenvalue weighted by Crippen LogP contribution is 2.17. The normalized spacial score (nSPS) is 12.1. The molecule has 0 aliphatic carbocycles. The Morgan fingerprint density at radius 2 is 1.93 bits per heavy atom. The molecule has 2 N–H and O–H groups in total. The molecule has 0 aliphatic rings. The van der Waals surface area contributed by atoms with Crippen molar-refractivity contribution >= 4 is 11.9 Å². The summed E-state index contributed by atoms with van der Waals surface area (Å²) in [5, 5.41) is 17.2. The molecule has 0 aromatic rings. The van der Waals surface area contributed by atoms with Crippen LogP contribution in [0.4, 0.5) is 0 Å². The Labute approximate surface area is 83.2 Å². The summed E-state index contributed by atoms with van der Waals surface area (Å²) in [6, 6.07) is 0. The summed E-state index contributed by atoms with van der Waals surface area (Å²) in [6.07, 6.45) is 1.25. The van der Waals surface area contributed by atoms with Crippen molar-refractivity contribution in [3.05, 3.63) is 12.2 Å². The zero-order valence-electron chi connectivity index (χ0n) is 8.32. The van der Waals surface area contributed by atoms with E-state index in [2.05, 4.69) is 6.58 Å². The molecular formula is C10H16O4. The van der Waals surface area contributed by atoms with E-state index in [9.17, 15) is 9.59 Å². The van der Waals surface area contributed by atoms with Gasteiger partial charge >= 0.3 is 11.9 Å². The molecule has 0 radical (unpaired) electrons. The first-order valence-electron chi connectivity index (χ1n) is 4.52. The summed E-state index contributed by atoms with van der Waals surface area (Å²) in [5.74, 6) is -2.25. The zero-order valence-corrected chi connectivity index (χ0v) is 8.32. The highest BCUT2D eigenvalue weighted by molar-refractivity contribution is 5.70. The number of hydrogen-bond acceptors (Lipinski definition) is 2. The fourth-order valence-corrected chi connectivity index (χ4v) is 1.23. The number of carbonyl (C=O) groups is 2. The van der Waals surface area contributed by atoms with Crippen LogP contribution < -0.4 is 0 Å². The minimum Gasteiger partial charge on any atom is -0.481 e. The molecule has 0 saturated heterocycles. The molecule has 0 rings (SSSR count). The number of carboxylic acid groups (broad SMARTS) is 2. The fourth-order valence-electron chi connectivity index (χ4n) is 1.23. The number of hydrogen-bond donors (Lipinski definition) is 2. The zero-order chi connectivity index (χ0) is 11.1. The maximum atomic E-state index is 10.7. The van der Waals surface area contributed by atoms with Crippen LogP contribution in [0.2, 0.25) is 0 Å². The van der Waals surface area contributed by atoms with Gasteiger partial charge in [-0.15, -0.1) is 6.58 Å². The Morgan fingerprint density at radius 1 is 1.36 bits per heavy atom. The second kappa shape index (κ2) is 6.18. The van der Waals surface area contributed by atoms with Crippen molar-refractivity contribution in [2.75, 3.05) is 0 Å². The Morgan fingerprint density at radius 3 is 2.29 bits per heavy atom. The lowest BCUT2D eigenvalue weighted by molar-refractivity contribution is -0.143. The van der Waals surface area contributed by atoms with Crippen LogP contribution >= 0.6 is 0 Å². The molecule has 0 amide bonds. The average Bonchev–Trinajstić information content (AvgIpc) is 2.00. The van der Waals surface area contributed by atoms with Crippen molar-refractivity contribution in [1.29, 1.82) is 0 Å². The van der Waals surface area contributed by atoms with Gasteiger partial charge in [0.2, 0.25) is 0 Å². The van der Waals surface area contributed by atoms with Crippen molar-refractivity contribution in [2.24, 2.45) is 5.92 Å². The Kier molecular flexibility index (Phi) is 5.60. The minimum absolute atomic E-state index is 0.0277. The lowest BCUT2D eigenvalue weighted by Gasteiger charge is -2.10. The van der Waals surface area contributed by atoms with E-state index in [-0.39, 0.29) is 6.42 Å². The monoisotopic (exact) mass is 200 g/mol. The van der Waals surface area contributed by atoms with Crippen LogP contribution in [0.25, 0.3) is 0 Å². The average molecular weight is 200 g/mol. The summed E-state index contributed by atoms with van der Waals surface area (Å²) in [6.45, 7) is 5.41. The molecule has 0 aliphatic heterocycles. The predicted molar refractivity (Wildman–Crippen MR) is 52.0 cm³/mol. The number of carboxylic acids is 2. The van der Waals surface area contributed by atoms with Gasteiger partial charge in [0.15, 0.2) is 0 Å². The van der Waals surface area contributed by atoms with Crippen LogP contribution in [0.3, 0.4) is 0 Å². The summed E-state index contributed by atoms with van der Waals surface area (Å²) in [5.41, 5.74) is 0.813. The van der Waals surface area contributed by atoms with Crippen molar-refractivity contribution in [1.82, 2.24) is 0 Å². The van der Waals surface area contributed by atoms with Crippen LogP contribution in [-0.4, -0.2) is 22.2 Å². The Bertz CT molecular complexity index is 232. The highest BCUT2D eigenvalue weighted by Gasteiger charge is 2.17. The Balaban J connectivity index is 3.91. The molecule has 4 heteroatoms. The summed E-state index contributed by atoms with van der Waals surface area (Å²) >= 11 is 0. The van der Waals surface area contributed by atoms with Crippen LogP contribution in [-0.2, 0) is 9.59 Å². The van der Waals surface area contributed by atoms with Crippen LogP contribution in [0.15, 0.2) is 12.2 Å². The first-order chi connectivity index (χ1) is 6.43. The van der Waals surface area contributed by atoms with Gasteiger partial charge in [-0.3, -0.25) is 9.59 Å². The second-order valence-electron chi connectivity index (χ2n) is 3.48. The maximum Gasteiger partial charge on any atom is 0.306 e. The third kappa shape index (κ3) is 6.22. The predicted octanol–water partition coefficient (Wildman–Crippen LogP) is 1.91. The molecule has 0 saturated carbocycles. The SMILES string of the molecule is C=C(C)CC(CCCC(=O)O)C(=O)O. The first-order valence-corrected chi connectivity index (χ1v) is 4.52. The topological polar surface area (TPSA) is 74.6 Å². The Hall–Kier alpha value is -1.32. The summed E-state index contributed by atoms with van der Waals surface area (Å²) in [4.78, 5) is 20.9. The third-order valence-electron chi connectivity index (χ3n) is 1.89. The van der Waals surface area contributed by atoms with Crippen molar-refractivity contribution in [3.63, 3.8) is 0 Å². The molecule has 0 aromatic carbocycles. The van der Waals surface area contributed by atoms with E-state index in [1.165, 1.54) is 0 Å². The summed E-state index contributed by atoms with van der Waals surface area (Å²) < 4.78 is 0.